The average molecular weight is 177 g/mol. The van der Waals surface area contributed by atoms with E-state index in [4.69, 9.17) is 5.11 Å². The Bertz CT molecular complexity index is 309. The Morgan fingerprint density at radius 3 is 3.08 bits per heavy atom. The van der Waals surface area contributed by atoms with Gasteiger partial charge in [-0.1, -0.05) is 19.1 Å². The van der Waals surface area contributed by atoms with Crippen molar-refractivity contribution in [1.82, 2.24) is 0 Å². The summed E-state index contributed by atoms with van der Waals surface area (Å²) < 4.78 is 0. The lowest BCUT2D eigenvalue weighted by Gasteiger charge is -2.06. The predicted octanol–water partition coefficient (Wildman–Crippen LogP) is 1.58. The molecule has 1 aliphatic rings. The normalized spacial score (nSPS) is 19.7. The number of benzene rings is 1. The molecule has 1 aliphatic heterocycles. The monoisotopic (exact) mass is 177 g/mol. The van der Waals surface area contributed by atoms with Crippen molar-refractivity contribution in [3.8, 4) is 0 Å². The van der Waals surface area contributed by atoms with Crippen molar-refractivity contribution in [2.24, 2.45) is 0 Å². The molecule has 0 radical (unpaired) electrons. The summed E-state index contributed by atoms with van der Waals surface area (Å²) >= 11 is 0. The maximum absolute atomic E-state index is 9.00. The van der Waals surface area contributed by atoms with Crippen LogP contribution >= 0.6 is 0 Å². The highest BCUT2D eigenvalue weighted by Gasteiger charge is 2.19. The van der Waals surface area contributed by atoms with Gasteiger partial charge >= 0.3 is 0 Å². The first-order chi connectivity index (χ1) is 6.33. The van der Waals surface area contributed by atoms with Crippen molar-refractivity contribution < 1.29 is 5.11 Å². The molecule has 0 bridgehead atoms. The molecule has 0 aliphatic carbocycles. The van der Waals surface area contributed by atoms with Crippen LogP contribution < -0.4 is 5.32 Å². The summed E-state index contributed by atoms with van der Waals surface area (Å²) in [6, 6.07) is 6.74. The van der Waals surface area contributed by atoms with Crippen molar-refractivity contribution in [2.45, 2.75) is 25.8 Å². The van der Waals surface area contributed by atoms with Gasteiger partial charge in [0.05, 0.1) is 12.6 Å². The molecular weight excluding hydrogens is 162 g/mol. The molecule has 1 heterocycles. The number of fused-ring (bicyclic) bond motifs is 1. The van der Waals surface area contributed by atoms with E-state index in [1.54, 1.807) is 0 Å². The van der Waals surface area contributed by atoms with Crippen LogP contribution in [0.25, 0.3) is 0 Å². The van der Waals surface area contributed by atoms with Gasteiger partial charge in [0.25, 0.3) is 0 Å². The molecule has 0 saturated heterocycles. The fraction of sp³-hybridized carbons (Fsp3) is 0.455. The molecule has 0 fully saturated rings. The van der Waals surface area contributed by atoms with Crippen molar-refractivity contribution in [3.05, 3.63) is 29.3 Å². The predicted molar refractivity (Wildman–Crippen MR) is 54.0 cm³/mol. The minimum atomic E-state index is 0.218. The Labute approximate surface area is 78.6 Å². The summed E-state index contributed by atoms with van der Waals surface area (Å²) in [5.41, 5.74) is 3.89. The number of aliphatic hydroxyl groups is 1. The van der Waals surface area contributed by atoms with Crippen molar-refractivity contribution in [2.75, 3.05) is 11.9 Å². The van der Waals surface area contributed by atoms with Crippen LogP contribution in [0.3, 0.4) is 0 Å². The number of anilines is 1. The summed E-state index contributed by atoms with van der Waals surface area (Å²) in [6.45, 7) is 2.37. The molecule has 1 atom stereocenters. The zero-order valence-corrected chi connectivity index (χ0v) is 7.88. The lowest BCUT2D eigenvalue weighted by atomic mass is 10.1. The zero-order chi connectivity index (χ0) is 9.26. The smallest absolute Gasteiger partial charge is 0.0636 e. The summed E-state index contributed by atoms with van der Waals surface area (Å²) in [5, 5.41) is 12.3. The average Bonchev–Trinajstić information content (AvgIpc) is 2.58. The Morgan fingerprint density at radius 2 is 2.38 bits per heavy atom. The van der Waals surface area contributed by atoms with Crippen LogP contribution in [0.4, 0.5) is 5.69 Å². The Morgan fingerprint density at radius 1 is 1.54 bits per heavy atom. The first-order valence-corrected chi connectivity index (χ1v) is 4.82. The number of nitrogens with one attached hydrogen (secondary N) is 1. The summed E-state index contributed by atoms with van der Waals surface area (Å²) in [4.78, 5) is 0. The molecule has 0 saturated carbocycles. The van der Waals surface area contributed by atoms with Gasteiger partial charge in [-0.25, -0.2) is 0 Å². The Kier molecular flexibility index (Phi) is 2.23. The van der Waals surface area contributed by atoms with Crippen molar-refractivity contribution in [1.29, 1.82) is 0 Å². The highest BCUT2D eigenvalue weighted by Crippen LogP contribution is 2.26. The number of hydrogen-bond acceptors (Lipinski definition) is 2. The van der Waals surface area contributed by atoms with E-state index in [1.807, 2.05) is 0 Å². The number of rotatable bonds is 2. The number of aliphatic hydroxyl groups excluding tert-OH is 1. The molecule has 2 rings (SSSR count). The quantitative estimate of drug-likeness (QED) is 0.718. The molecule has 2 nitrogen and oxygen atoms in total. The number of hydrogen-bond donors (Lipinski definition) is 2. The number of aryl methyl sites for hydroxylation is 1. The molecule has 0 aromatic heterocycles. The second-order valence-corrected chi connectivity index (χ2v) is 3.57. The summed E-state index contributed by atoms with van der Waals surface area (Å²) in [6.07, 6.45) is 2.02. The molecule has 70 valence electrons. The fourth-order valence-corrected chi connectivity index (χ4v) is 1.80. The standard InChI is InChI=1S/C11H15NO/c1-2-8-3-4-9-6-10(7-13)12-11(9)5-8/h3-5,10,12-13H,2,6-7H2,1H3. The van der Waals surface area contributed by atoms with Crippen LogP contribution in [0.1, 0.15) is 18.1 Å². The lowest BCUT2D eigenvalue weighted by molar-refractivity contribution is 0.277. The van der Waals surface area contributed by atoms with Crippen LogP contribution in [0.15, 0.2) is 18.2 Å². The third-order valence-corrected chi connectivity index (χ3v) is 2.63. The third kappa shape index (κ3) is 1.54. The summed E-state index contributed by atoms with van der Waals surface area (Å²) in [7, 11) is 0. The van der Waals surface area contributed by atoms with E-state index in [1.165, 1.54) is 16.8 Å². The van der Waals surface area contributed by atoms with E-state index in [2.05, 4.69) is 30.4 Å². The van der Waals surface area contributed by atoms with Gasteiger partial charge in [-0.2, -0.15) is 0 Å². The first kappa shape index (κ1) is 8.57. The molecule has 1 unspecified atom stereocenters. The molecular formula is C11H15NO. The maximum Gasteiger partial charge on any atom is 0.0636 e. The van der Waals surface area contributed by atoms with Gasteiger partial charge in [0, 0.05) is 5.69 Å². The van der Waals surface area contributed by atoms with Crippen LogP contribution in [0, 0.1) is 0 Å². The zero-order valence-electron chi connectivity index (χ0n) is 7.88. The van der Waals surface area contributed by atoms with E-state index in [0.717, 1.165) is 12.8 Å². The van der Waals surface area contributed by atoms with E-state index in [9.17, 15) is 0 Å². The Hall–Kier alpha value is -1.02. The summed E-state index contributed by atoms with van der Waals surface area (Å²) in [5.74, 6) is 0. The first-order valence-electron chi connectivity index (χ1n) is 4.82. The molecule has 1 aromatic rings. The second-order valence-electron chi connectivity index (χ2n) is 3.57. The Balaban J connectivity index is 2.25. The van der Waals surface area contributed by atoms with Gasteiger partial charge in [0.15, 0.2) is 0 Å². The molecule has 0 amide bonds. The van der Waals surface area contributed by atoms with Crippen molar-refractivity contribution >= 4 is 5.69 Å². The highest BCUT2D eigenvalue weighted by molar-refractivity contribution is 5.58. The van der Waals surface area contributed by atoms with E-state index in [-0.39, 0.29) is 12.6 Å². The van der Waals surface area contributed by atoms with Crippen LogP contribution in [-0.4, -0.2) is 17.8 Å². The molecule has 1 aromatic carbocycles. The van der Waals surface area contributed by atoms with Gasteiger partial charge in [0.2, 0.25) is 0 Å². The minimum absolute atomic E-state index is 0.218. The topological polar surface area (TPSA) is 32.3 Å². The van der Waals surface area contributed by atoms with E-state index < -0.39 is 0 Å². The van der Waals surface area contributed by atoms with E-state index >= 15 is 0 Å². The molecule has 13 heavy (non-hydrogen) atoms. The van der Waals surface area contributed by atoms with E-state index in [0.29, 0.717) is 0 Å². The van der Waals surface area contributed by atoms with Crippen molar-refractivity contribution in [3.63, 3.8) is 0 Å². The van der Waals surface area contributed by atoms with Crippen LogP contribution in [0.2, 0.25) is 0 Å². The molecule has 2 N–H and O–H groups in total. The van der Waals surface area contributed by atoms with Crippen LogP contribution in [-0.2, 0) is 12.8 Å². The lowest BCUT2D eigenvalue weighted by Crippen LogP contribution is -2.19. The molecule has 2 heteroatoms. The van der Waals surface area contributed by atoms with Gasteiger partial charge in [-0.3, -0.25) is 0 Å². The van der Waals surface area contributed by atoms with Gasteiger partial charge in [-0.15, -0.1) is 0 Å². The molecule has 0 spiro atoms. The van der Waals surface area contributed by atoms with Gasteiger partial charge < -0.3 is 10.4 Å². The largest absolute Gasteiger partial charge is 0.394 e. The fourth-order valence-electron chi connectivity index (χ4n) is 1.80. The maximum atomic E-state index is 9.00. The second kappa shape index (κ2) is 3.38. The van der Waals surface area contributed by atoms with Crippen LogP contribution in [0.5, 0.6) is 0 Å². The SMILES string of the molecule is CCc1ccc2c(c1)NC(CO)C2. The van der Waals surface area contributed by atoms with Gasteiger partial charge in [-0.05, 0) is 30.0 Å². The minimum Gasteiger partial charge on any atom is -0.394 e. The van der Waals surface area contributed by atoms with Gasteiger partial charge in [0.1, 0.15) is 0 Å². The highest BCUT2D eigenvalue weighted by atomic mass is 16.3. The third-order valence-electron chi connectivity index (χ3n) is 2.63.